The SMILES string of the molecule is CCCNCc1ccc(N2CCCCC2C)c(Cl)c1. The van der Waals surface area contributed by atoms with Crippen molar-refractivity contribution >= 4 is 17.3 Å². The Bertz CT molecular complexity index is 406. The number of nitrogens with one attached hydrogen (secondary N) is 1. The van der Waals surface area contributed by atoms with E-state index in [1.807, 2.05) is 0 Å². The Labute approximate surface area is 122 Å². The third-order valence-electron chi connectivity index (χ3n) is 3.88. The molecule has 1 saturated heterocycles. The Morgan fingerprint density at radius 1 is 1.37 bits per heavy atom. The fourth-order valence-electron chi connectivity index (χ4n) is 2.76. The van der Waals surface area contributed by atoms with Gasteiger partial charge >= 0.3 is 0 Å². The summed E-state index contributed by atoms with van der Waals surface area (Å²) in [5.41, 5.74) is 2.47. The molecule has 1 N–H and O–H groups in total. The number of rotatable bonds is 5. The van der Waals surface area contributed by atoms with Crippen LogP contribution in [0.15, 0.2) is 18.2 Å². The molecule has 0 amide bonds. The van der Waals surface area contributed by atoms with Gasteiger partial charge in [-0.25, -0.2) is 0 Å². The van der Waals surface area contributed by atoms with Crippen molar-refractivity contribution in [1.82, 2.24) is 5.32 Å². The summed E-state index contributed by atoms with van der Waals surface area (Å²) in [4.78, 5) is 2.45. The highest BCUT2D eigenvalue weighted by atomic mass is 35.5. The molecule has 19 heavy (non-hydrogen) atoms. The zero-order valence-corrected chi connectivity index (χ0v) is 12.8. The molecule has 2 nitrogen and oxygen atoms in total. The van der Waals surface area contributed by atoms with Crippen LogP contribution in [-0.2, 0) is 6.54 Å². The van der Waals surface area contributed by atoms with Gasteiger partial charge in [-0.1, -0.05) is 24.6 Å². The Hall–Kier alpha value is -0.730. The molecule has 1 aliphatic rings. The number of benzene rings is 1. The minimum absolute atomic E-state index is 0.607. The molecule has 106 valence electrons. The van der Waals surface area contributed by atoms with E-state index in [4.69, 9.17) is 11.6 Å². The van der Waals surface area contributed by atoms with Crippen LogP contribution in [0.3, 0.4) is 0 Å². The standard InChI is InChI=1S/C16H25ClN2/c1-3-9-18-12-14-7-8-16(15(17)11-14)19-10-5-4-6-13(19)2/h7-8,11,13,18H,3-6,9-10,12H2,1-2H3. The Morgan fingerprint density at radius 3 is 2.89 bits per heavy atom. The van der Waals surface area contributed by atoms with Gasteiger partial charge < -0.3 is 10.2 Å². The molecule has 0 bridgehead atoms. The van der Waals surface area contributed by atoms with Crippen LogP contribution in [-0.4, -0.2) is 19.1 Å². The van der Waals surface area contributed by atoms with Gasteiger partial charge in [-0.2, -0.15) is 0 Å². The molecular weight excluding hydrogens is 256 g/mol. The molecule has 1 heterocycles. The highest BCUT2D eigenvalue weighted by molar-refractivity contribution is 6.33. The van der Waals surface area contributed by atoms with Gasteiger partial charge in [0.1, 0.15) is 0 Å². The maximum absolute atomic E-state index is 6.47. The maximum Gasteiger partial charge on any atom is 0.0642 e. The van der Waals surface area contributed by atoms with Gasteiger partial charge in [0.2, 0.25) is 0 Å². The molecule has 0 aromatic heterocycles. The highest BCUT2D eigenvalue weighted by Gasteiger charge is 2.20. The highest BCUT2D eigenvalue weighted by Crippen LogP contribution is 2.31. The summed E-state index contributed by atoms with van der Waals surface area (Å²) in [5.74, 6) is 0. The van der Waals surface area contributed by atoms with Crippen molar-refractivity contribution in [3.63, 3.8) is 0 Å². The lowest BCUT2D eigenvalue weighted by atomic mass is 10.0. The first kappa shape index (κ1) is 14.7. The van der Waals surface area contributed by atoms with Gasteiger partial charge in [0.25, 0.3) is 0 Å². The maximum atomic E-state index is 6.47. The first-order chi connectivity index (χ1) is 9.22. The number of nitrogens with zero attached hydrogens (tertiary/aromatic N) is 1. The minimum Gasteiger partial charge on any atom is -0.368 e. The van der Waals surface area contributed by atoms with Crippen LogP contribution < -0.4 is 10.2 Å². The van der Waals surface area contributed by atoms with Crippen molar-refractivity contribution in [3.05, 3.63) is 28.8 Å². The molecular formula is C16H25ClN2. The van der Waals surface area contributed by atoms with Crippen molar-refractivity contribution < 1.29 is 0 Å². The summed E-state index contributed by atoms with van der Waals surface area (Å²) in [7, 11) is 0. The molecule has 1 fully saturated rings. The summed E-state index contributed by atoms with van der Waals surface area (Å²) >= 11 is 6.47. The van der Waals surface area contributed by atoms with E-state index in [1.165, 1.54) is 30.5 Å². The number of anilines is 1. The number of hydrogen-bond acceptors (Lipinski definition) is 2. The van der Waals surface area contributed by atoms with Gasteiger partial charge in [0.05, 0.1) is 10.7 Å². The topological polar surface area (TPSA) is 15.3 Å². The number of halogens is 1. The van der Waals surface area contributed by atoms with Crippen LogP contribution in [0.4, 0.5) is 5.69 Å². The van der Waals surface area contributed by atoms with Crippen molar-refractivity contribution in [3.8, 4) is 0 Å². The molecule has 1 atom stereocenters. The quantitative estimate of drug-likeness (QED) is 0.813. The second-order valence-electron chi connectivity index (χ2n) is 5.50. The van der Waals surface area contributed by atoms with E-state index in [0.717, 1.165) is 31.1 Å². The van der Waals surface area contributed by atoms with E-state index < -0.39 is 0 Å². The summed E-state index contributed by atoms with van der Waals surface area (Å²) in [6.07, 6.45) is 5.06. The predicted octanol–water partition coefficient (Wildman–Crippen LogP) is 4.22. The molecule has 2 rings (SSSR count). The molecule has 1 aliphatic heterocycles. The third-order valence-corrected chi connectivity index (χ3v) is 4.18. The fraction of sp³-hybridized carbons (Fsp3) is 0.625. The smallest absolute Gasteiger partial charge is 0.0642 e. The van der Waals surface area contributed by atoms with E-state index in [1.54, 1.807) is 0 Å². The Morgan fingerprint density at radius 2 is 2.21 bits per heavy atom. The van der Waals surface area contributed by atoms with Gasteiger partial charge in [-0.05, 0) is 56.8 Å². The van der Waals surface area contributed by atoms with Gasteiger partial charge in [0.15, 0.2) is 0 Å². The molecule has 0 radical (unpaired) electrons. The van der Waals surface area contributed by atoms with Crippen molar-refractivity contribution in [1.29, 1.82) is 0 Å². The molecule has 0 aliphatic carbocycles. The van der Waals surface area contributed by atoms with Crippen LogP contribution in [0, 0.1) is 0 Å². The third kappa shape index (κ3) is 3.87. The van der Waals surface area contributed by atoms with E-state index >= 15 is 0 Å². The van der Waals surface area contributed by atoms with Crippen molar-refractivity contribution in [2.75, 3.05) is 18.0 Å². The van der Waals surface area contributed by atoms with Gasteiger partial charge in [0, 0.05) is 19.1 Å². The lowest BCUT2D eigenvalue weighted by molar-refractivity contribution is 0.485. The summed E-state index contributed by atoms with van der Waals surface area (Å²) < 4.78 is 0. The second-order valence-corrected chi connectivity index (χ2v) is 5.91. The lowest BCUT2D eigenvalue weighted by Crippen LogP contribution is -2.37. The molecule has 1 aromatic carbocycles. The van der Waals surface area contributed by atoms with Crippen molar-refractivity contribution in [2.24, 2.45) is 0 Å². The zero-order valence-electron chi connectivity index (χ0n) is 12.1. The summed E-state index contributed by atoms with van der Waals surface area (Å²) in [5, 5.41) is 4.31. The first-order valence-corrected chi connectivity index (χ1v) is 7.86. The minimum atomic E-state index is 0.607. The first-order valence-electron chi connectivity index (χ1n) is 7.48. The van der Waals surface area contributed by atoms with Crippen LogP contribution in [0.1, 0.15) is 45.1 Å². The van der Waals surface area contributed by atoms with Crippen LogP contribution in [0.25, 0.3) is 0 Å². The Balaban J connectivity index is 2.05. The fourth-order valence-corrected chi connectivity index (χ4v) is 3.07. The van der Waals surface area contributed by atoms with Crippen LogP contribution >= 0.6 is 11.6 Å². The molecule has 0 saturated carbocycles. The average Bonchev–Trinajstić information content (AvgIpc) is 2.40. The van der Waals surface area contributed by atoms with Crippen molar-refractivity contribution in [2.45, 2.75) is 52.1 Å². The van der Waals surface area contributed by atoms with Crippen LogP contribution in [0.2, 0.25) is 5.02 Å². The largest absolute Gasteiger partial charge is 0.368 e. The molecule has 1 aromatic rings. The monoisotopic (exact) mass is 280 g/mol. The van der Waals surface area contributed by atoms with E-state index in [2.05, 4.69) is 42.3 Å². The molecule has 1 unspecified atom stereocenters. The number of hydrogen-bond donors (Lipinski definition) is 1. The Kier molecular flexibility index (Phi) is 5.53. The molecule has 0 spiro atoms. The summed E-state index contributed by atoms with van der Waals surface area (Å²) in [6, 6.07) is 7.11. The van der Waals surface area contributed by atoms with Gasteiger partial charge in [-0.3, -0.25) is 0 Å². The average molecular weight is 281 g/mol. The predicted molar refractivity (Wildman–Crippen MR) is 84.1 cm³/mol. The lowest BCUT2D eigenvalue weighted by Gasteiger charge is -2.36. The zero-order chi connectivity index (χ0) is 13.7. The molecule has 3 heteroatoms. The van der Waals surface area contributed by atoms with E-state index in [-0.39, 0.29) is 0 Å². The van der Waals surface area contributed by atoms with E-state index in [0.29, 0.717) is 6.04 Å². The van der Waals surface area contributed by atoms with E-state index in [9.17, 15) is 0 Å². The van der Waals surface area contributed by atoms with Crippen LogP contribution in [0.5, 0.6) is 0 Å². The van der Waals surface area contributed by atoms with Gasteiger partial charge in [-0.15, -0.1) is 0 Å². The summed E-state index contributed by atoms with van der Waals surface area (Å²) in [6.45, 7) is 7.58. The number of piperidine rings is 1. The second kappa shape index (κ2) is 7.16. The normalized spacial score (nSPS) is 19.7.